The fraction of sp³-hybridized carbons (Fsp3) is 0.286. The quantitative estimate of drug-likeness (QED) is 0.779. The fourth-order valence-electron chi connectivity index (χ4n) is 2.00. The molecule has 0 saturated heterocycles. The first-order valence-corrected chi connectivity index (χ1v) is 6.35. The van der Waals surface area contributed by atoms with Crippen LogP contribution >= 0.6 is 0 Å². The van der Waals surface area contributed by atoms with Crippen molar-refractivity contribution in [3.8, 4) is 0 Å². The number of hydrogen-bond donors (Lipinski definition) is 1. The van der Waals surface area contributed by atoms with Crippen LogP contribution in [0.1, 0.15) is 19.9 Å². The second-order valence-corrected chi connectivity index (χ2v) is 4.65. The molecule has 0 radical (unpaired) electrons. The molecule has 3 rings (SSSR count). The molecule has 0 aliphatic carbocycles. The third-order valence-electron chi connectivity index (χ3n) is 3.31. The van der Waals surface area contributed by atoms with Crippen molar-refractivity contribution in [2.45, 2.75) is 25.9 Å². The molecule has 1 aromatic carbocycles. The van der Waals surface area contributed by atoms with Crippen LogP contribution in [-0.2, 0) is 0 Å². The van der Waals surface area contributed by atoms with Crippen LogP contribution in [0.2, 0.25) is 0 Å². The van der Waals surface area contributed by atoms with Crippen LogP contribution < -0.4 is 5.32 Å². The Labute approximate surface area is 111 Å². The molecule has 0 aliphatic heterocycles. The molecular weight excluding hydrogens is 240 g/mol. The van der Waals surface area contributed by atoms with E-state index in [-0.39, 0.29) is 12.1 Å². The molecule has 0 saturated carbocycles. The Hall–Kier alpha value is -2.30. The van der Waals surface area contributed by atoms with Crippen LogP contribution in [0.15, 0.2) is 47.1 Å². The van der Waals surface area contributed by atoms with Gasteiger partial charge in [-0.15, -0.1) is 0 Å². The Morgan fingerprint density at radius 2 is 2.05 bits per heavy atom. The molecule has 0 bridgehead atoms. The molecule has 0 spiro atoms. The van der Waals surface area contributed by atoms with Gasteiger partial charge in [0.2, 0.25) is 0 Å². The van der Waals surface area contributed by atoms with E-state index in [1.807, 2.05) is 41.2 Å². The lowest BCUT2D eigenvalue weighted by Crippen LogP contribution is -2.27. The highest BCUT2D eigenvalue weighted by Gasteiger charge is 2.16. The summed E-state index contributed by atoms with van der Waals surface area (Å²) in [6.07, 6.45) is 3.73. The molecule has 0 aliphatic rings. The van der Waals surface area contributed by atoms with Gasteiger partial charge in [0.15, 0.2) is 5.58 Å². The number of rotatable bonds is 4. The minimum atomic E-state index is 0.160. The van der Waals surface area contributed by atoms with Gasteiger partial charge in [-0.05, 0) is 32.0 Å². The fourth-order valence-corrected chi connectivity index (χ4v) is 2.00. The highest BCUT2D eigenvalue weighted by Crippen LogP contribution is 2.20. The van der Waals surface area contributed by atoms with E-state index in [0.717, 1.165) is 11.1 Å². The predicted molar refractivity (Wildman–Crippen MR) is 74.0 cm³/mol. The molecular formula is C14H16N4O. The van der Waals surface area contributed by atoms with Crippen molar-refractivity contribution in [3.05, 3.63) is 42.7 Å². The molecule has 19 heavy (non-hydrogen) atoms. The maximum atomic E-state index is 5.65. The third kappa shape index (κ3) is 2.31. The summed E-state index contributed by atoms with van der Waals surface area (Å²) < 4.78 is 7.57. The largest absolute Gasteiger partial charge is 0.424 e. The molecule has 2 heterocycles. The Kier molecular flexibility index (Phi) is 2.95. The summed E-state index contributed by atoms with van der Waals surface area (Å²) in [4.78, 5) is 4.41. The second kappa shape index (κ2) is 4.76. The van der Waals surface area contributed by atoms with Gasteiger partial charge in [0.25, 0.3) is 6.01 Å². The number of nitrogens with zero attached hydrogens (tertiary/aromatic N) is 3. The molecule has 98 valence electrons. The highest BCUT2D eigenvalue weighted by atomic mass is 16.4. The zero-order valence-corrected chi connectivity index (χ0v) is 10.9. The average molecular weight is 256 g/mol. The van der Waals surface area contributed by atoms with Crippen molar-refractivity contribution >= 4 is 17.1 Å². The Morgan fingerprint density at radius 3 is 2.79 bits per heavy atom. The van der Waals surface area contributed by atoms with Crippen molar-refractivity contribution < 1.29 is 4.42 Å². The minimum Gasteiger partial charge on any atom is -0.424 e. The number of nitrogens with one attached hydrogen (secondary N) is 1. The van der Waals surface area contributed by atoms with Crippen molar-refractivity contribution in [2.24, 2.45) is 0 Å². The van der Waals surface area contributed by atoms with Gasteiger partial charge in [-0.3, -0.25) is 4.68 Å². The molecule has 5 heteroatoms. The molecule has 2 atom stereocenters. The zero-order valence-electron chi connectivity index (χ0n) is 10.9. The van der Waals surface area contributed by atoms with E-state index < -0.39 is 0 Å². The van der Waals surface area contributed by atoms with Crippen LogP contribution in [0, 0.1) is 0 Å². The molecule has 1 N–H and O–H groups in total. The first-order chi connectivity index (χ1) is 9.24. The van der Waals surface area contributed by atoms with Gasteiger partial charge in [0.05, 0.1) is 6.04 Å². The Morgan fingerprint density at radius 1 is 1.21 bits per heavy atom. The summed E-state index contributed by atoms with van der Waals surface area (Å²) in [5, 5.41) is 7.53. The van der Waals surface area contributed by atoms with Gasteiger partial charge in [-0.2, -0.15) is 10.1 Å². The second-order valence-electron chi connectivity index (χ2n) is 4.65. The monoisotopic (exact) mass is 256 g/mol. The molecule has 3 aromatic rings. The van der Waals surface area contributed by atoms with Gasteiger partial charge in [0, 0.05) is 18.4 Å². The Bertz CT molecular complexity index is 626. The summed E-state index contributed by atoms with van der Waals surface area (Å²) in [7, 11) is 0. The topological polar surface area (TPSA) is 55.9 Å². The molecule has 5 nitrogen and oxygen atoms in total. The lowest BCUT2D eigenvalue weighted by Gasteiger charge is -2.20. The van der Waals surface area contributed by atoms with Crippen LogP contribution in [0.4, 0.5) is 6.01 Å². The van der Waals surface area contributed by atoms with Gasteiger partial charge in [-0.1, -0.05) is 12.1 Å². The van der Waals surface area contributed by atoms with E-state index in [2.05, 4.69) is 29.2 Å². The van der Waals surface area contributed by atoms with Crippen molar-refractivity contribution in [1.82, 2.24) is 14.8 Å². The Balaban J connectivity index is 1.77. The number of anilines is 1. The lowest BCUT2D eigenvalue weighted by atomic mass is 10.2. The number of hydrogen-bond acceptors (Lipinski definition) is 4. The van der Waals surface area contributed by atoms with Gasteiger partial charge >= 0.3 is 0 Å². The van der Waals surface area contributed by atoms with E-state index in [1.54, 1.807) is 6.20 Å². The van der Waals surface area contributed by atoms with Gasteiger partial charge < -0.3 is 9.73 Å². The molecule has 2 aromatic heterocycles. The van der Waals surface area contributed by atoms with Crippen LogP contribution in [0.3, 0.4) is 0 Å². The summed E-state index contributed by atoms with van der Waals surface area (Å²) in [6, 6.07) is 10.6. The SMILES string of the molecule is C[C@@H](Nc1nc2ccccc2o1)[C@H](C)n1cccn1. The molecule has 0 unspecified atom stereocenters. The van der Waals surface area contributed by atoms with Crippen LogP contribution in [0.5, 0.6) is 0 Å². The van der Waals surface area contributed by atoms with Crippen molar-refractivity contribution in [2.75, 3.05) is 5.32 Å². The number of para-hydroxylation sites is 2. The number of fused-ring (bicyclic) bond motifs is 1. The standard InChI is InChI=1S/C14H16N4O/c1-10(11(2)18-9-5-8-15-18)16-14-17-12-6-3-4-7-13(12)19-14/h3-11H,1-2H3,(H,16,17)/t10-,11+/m1/s1. The van der Waals surface area contributed by atoms with E-state index >= 15 is 0 Å². The van der Waals surface area contributed by atoms with Crippen LogP contribution in [-0.4, -0.2) is 20.8 Å². The third-order valence-corrected chi connectivity index (χ3v) is 3.31. The maximum absolute atomic E-state index is 5.65. The van der Waals surface area contributed by atoms with Crippen molar-refractivity contribution in [1.29, 1.82) is 0 Å². The smallest absolute Gasteiger partial charge is 0.295 e. The zero-order chi connectivity index (χ0) is 13.2. The molecule has 0 fully saturated rings. The summed E-state index contributed by atoms with van der Waals surface area (Å²) in [5.41, 5.74) is 1.66. The van der Waals surface area contributed by atoms with Crippen molar-refractivity contribution in [3.63, 3.8) is 0 Å². The summed E-state index contributed by atoms with van der Waals surface area (Å²) in [6.45, 7) is 4.19. The number of oxazole rings is 1. The maximum Gasteiger partial charge on any atom is 0.295 e. The number of benzene rings is 1. The average Bonchev–Trinajstić information content (AvgIpc) is 3.06. The minimum absolute atomic E-state index is 0.160. The van der Waals surface area contributed by atoms with E-state index in [4.69, 9.17) is 4.42 Å². The van der Waals surface area contributed by atoms with E-state index in [9.17, 15) is 0 Å². The van der Waals surface area contributed by atoms with Gasteiger partial charge in [0.1, 0.15) is 5.52 Å². The molecule has 0 amide bonds. The van der Waals surface area contributed by atoms with Crippen LogP contribution in [0.25, 0.3) is 11.1 Å². The summed E-state index contributed by atoms with van der Waals surface area (Å²) >= 11 is 0. The number of aromatic nitrogens is 3. The lowest BCUT2D eigenvalue weighted by molar-refractivity contribution is 0.435. The first kappa shape index (κ1) is 11.8. The van der Waals surface area contributed by atoms with E-state index in [0.29, 0.717) is 6.01 Å². The normalized spacial score (nSPS) is 14.4. The van der Waals surface area contributed by atoms with Gasteiger partial charge in [-0.25, -0.2) is 0 Å². The highest BCUT2D eigenvalue weighted by molar-refractivity contribution is 5.74. The first-order valence-electron chi connectivity index (χ1n) is 6.35. The predicted octanol–water partition coefficient (Wildman–Crippen LogP) is 3.09. The summed E-state index contributed by atoms with van der Waals surface area (Å²) in [5.74, 6) is 0. The van der Waals surface area contributed by atoms with E-state index in [1.165, 1.54) is 0 Å².